The molecule has 1 fully saturated rings. The predicted octanol–water partition coefficient (Wildman–Crippen LogP) is 1.83. The number of likely N-dealkylation sites (tertiary alicyclic amines) is 1. The van der Waals surface area contributed by atoms with Gasteiger partial charge in [0, 0.05) is 31.3 Å². The molecular weight excluding hydrogens is 262 g/mol. The number of amides is 1. The van der Waals surface area contributed by atoms with Crippen LogP contribution in [0.1, 0.15) is 18.4 Å². The van der Waals surface area contributed by atoms with Crippen LogP contribution in [-0.4, -0.2) is 40.2 Å². The lowest BCUT2D eigenvalue weighted by Crippen LogP contribution is -2.46. The van der Waals surface area contributed by atoms with Gasteiger partial charge >= 0.3 is 6.09 Å². The topological polar surface area (TPSA) is 95.7 Å². The van der Waals surface area contributed by atoms with Gasteiger partial charge < -0.3 is 10.4 Å². The molecule has 1 atom stereocenters. The first-order valence-corrected chi connectivity index (χ1v) is 6.50. The van der Waals surface area contributed by atoms with Gasteiger partial charge in [-0.1, -0.05) is 12.1 Å². The van der Waals surface area contributed by atoms with Crippen molar-refractivity contribution in [2.75, 3.05) is 13.1 Å². The van der Waals surface area contributed by atoms with Gasteiger partial charge in [0.2, 0.25) is 0 Å². The van der Waals surface area contributed by atoms with E-state index < -0.39 is 11.0 Å². The fourth-order valence-corrected chi connectivity index (χ4v) is 2.47. The summed E-state index contributed by atoms with van der Waals surface area (Å²) in [5.41, 5.74) is 1.07. The second-order valence-electron chi connectivity index (χ2n) is 4.95. The maximum absolute atomic E-state index is 10.6. The first-order valence-electron chi connectivity index (χ1n) is 6.50. The summed E-state index contributed by atoms with van der Waals surface area (Å²) < 4.78 is 0. The molecule has 7 heteroatoms. The van der Waals surface area contributed by atoms with Crippen LogP contribution >= 0.6 is 0 Å². The summed E-state index contributed by atoms with van der Waals surface area (Å²) in [5.74, 6) is 0. The Labute approximate surface area is 116 Å². The van der Waals surface area contributed by atoms with E-state index in [1.54, 1.807) is 12.1 Å². The average molecular weight is 279 g/mol. The van der Waals surface area contributed by atoms with Crippen LogP contribution in [-0.2, 0) is 6.54 Å². The number of hydrogen-bond acceptors (Lipinski definition) is 4. The highest BCUT2D eigenvalue weighted by Crippen LogP contribution is 2.16. The number of non-ortho nitro benzene ring substituents is 1. The lowest BCUT2D eigenvalue weighted by atomic mass is 10.0. The molecule has 108 valence electrons. The zero-order valence-electron chi connectivity index (χ0n) is 11.0. The molecule has 0 saturated carbocycles. The minimum absolute atomic E-state index is 0.0423. The summed E-state index contributed by atoms with van der Waals surface area (Å²) >= 11 is 0. The third-order valence-corrected chi connectivity index (χ3v) is 3.39. The molecule has 1 aromatic rings. The fourth-order valence-electron chi connectivity index (χ4n) is 2.47. The molecule has 1 aliphatic rings. The van der Waals surface area contributed by atoms with Crippen LogP contribution in [0.15, 0.2) is 24.3 Å². The van der Waals surface area contributed by atoms with E-state index >= 15 is 0 Å². The van der Waals surface area contributed by atoms with E-state index in [1.165, 1.54) is 12.1 Å². The lowest BCUT2D eigenvalue weighted by molar-refractivity contribution is -0.384. The molecule has 0 aromatic heterocycles. The number of hydrogen-bond donors (Lipinski definition) is 2. The lowest BCUT2D eigenvalue weighted by Gasteiger charge is -2.32. The highest BCUT2D eigenvalue weighted by atomic mass is 16.6. The summed E-state index contributed by atoms with van der Waals surface area (Å²) in [4.78, 5) is 23.0. The highest BCUT2D eigenvalue weighted by molar-refractivity contribution is 5.64. The Morgan fingerprint density at radius 2 is 2.15 bits per heavy atom. The molecule has 1 saturated heterocycles. The molecule has 0 aliphatic carbocycles. The van der Waals surface area contributed by atoms with E-state index in [4.69, 9.17) is 5.11 Å². The normalized spacial score (nSPS) is 19.5. The monoisotopic (exact) mass is 279 g/mol. The number of piperidine rings is 1. The maximum atomic E-state index is 10.6. The number of nitrogens with zero attached hydrogens (tertiary/aromatic N) is 2. The minimum atomic E-state index is -0.993. The molecule has 2 rings (SSSR count). The molecule has 1 aliphatic heterocycles. The number of carbonyl (C=O) groups is 1. The molecule has 1 amide bonds. The van der Waals surface area contributed by atoms with Crippen LogP contribution in [0.3, 0.4) is 0 Å². The fraction of sp³-hybridized carbons (Fsp3) is 0.462. The second-order valence-corrected chi connectivity index (χ2v) is 4.95. The SMILES string of the molecule is O=C(O)NC1CCCN(Cc2ccc([N+](=O)[O-])cc2)C1. The van der Waals surface area contributed by atoms with Gasteiger partial charge in [-0.05, 0) is 24.9 Å². The van der Waals surface area contributed by atoms with E-state index in [1.807, 2.05) is 0 Å². The summed E-state index contributed by atoms with van der Waals surface area (Å²) in [6, 6.07) is 6.43. The highest BCUT2D eigenvalue weighted by Gasteiger charge is 2.21. The predicted molar refractivity (Wildman–Crippen MR) is 72.6 cm³/mol. The molecule has 1 aromatic carbocycles. The molecule has 2 N–H and O–H groups in total. The average Bonchev–Trinajstić information content (AvgIpc) is 2.39. The Balaban J connectivity index is 1.92. The van der Waals surface area contributed by atoms with Gasteiger partial charge in [-0.3, -0.25) is 15.0 Å². The Bertz CT molecular complexity index is 489. The van der Waals surface area contributed by atoms with Gasteiger partial charge in [-0.2, -0.15) is 0 Å². The number of nitrogens with one attached hydrogen (secondary N) is 1. The third kappa shape index (κ3) is 3.92. The molecule has 20 heavy (non-hydrogen) atoms. The van der Waals surface area contributed by atoms with E-state index in [2.05, 4.69) is 10.2 Å². The van der Waals surface area contributed by atoms with E-state index in [9.17, 15) is 14.9 Å². The van der Waals surface area contributed by atoms with Gasteiger partial charge in [0.15, 0.2) is 0 Å². The molecular formula is C13H17N3O4. The van der Waals surface area contributed by atoms with Crippen LogP contribution < -0.4 is 5.32 Å². The summed E-state index contributed by atoms with van der Waals surface area (Å²) in [7, 11) is 0. The van der Waals surface area contributed by atoms with Gasteiger partial charge in [0.1, 0.15) is 0 Å². The van der Waals surface area contributed by atoms with Gasteiger partial charge in [0.25, 0.3) is 5.69 Å². The van der Waals surface area contributed by atoms with Crippen molar-refractivity contribution < 1.29 is 14.8 Å². The smallest absolute Gasteiger partial charge is 0.404 e. The number of carboxylic acid groups (broad SMARTS) is 1. The van der Waals surface area contributed by atoms with Crippen molar-refractivity contribution in [3.8, 4) is 0 Å². The minimum Gasteiger partial charge on any atom is -0.465 e. The van der Waals surface area contributed by atoms with Gasteiger partial charge in [-0.15, -0.1) is 0 Å². The van der Waals surface area contributed by atoms with Crippen LogP contribution in [0.5, 0.6) is 0 Å². The van der Waals surface area contributed by atoms with Crippen molar-refractivity contribution in [1.29, 1.82) is 0 Å². The van der Waals surface area contributed by atoms with Crippen molar-refractivity contribution in [2.45, 2.75) is 25.4 Å². The van der Waals surface area contributed by atoms with E-state index in [-0.39, 0.29) is 11.7 Å². The van der Waals surface area contributed by atoms with E-state index in [0.717, 1.165) is 24.9 Å². The van der Waals surface area contributed by atoms with E-state index in [0.29, 0.717) is 13.1 Å². The maximum Gasteiger partial charge on any atom is 0.404 e. The molecule has 0 bridgehead atoms. The zero-order valence-corrected chi connectivity index (χ0v) is 11.0. The van der Waals surface area contributed by atoms with Gasteiger partial charge in [-0.25, -0.2) is 4.79 Å². The molecule has 7 nitrogen and oxygen atoms in total. The van der Waals surface area contributed by atoms with Crippen LogP contribution in [0.25, 0.3) is 0 Å². The van der Waals surface area contributed by atoms with Crippen molar-refractivity contribution >= 4 is 11.8 Å². The van der Waals surface area contributed by atoms with Gasteiger partial charge in [0.05, 0.1) is 4.92 Å². The van der Waals surface area contributed by atoms with Crippen LogP contribution in [0, 0.1) is 10.1 Å². The molecule has 0 radical (unpaired) electrons. The number of rotatable bonds is 4. The number of nitro benzene ring substituents is 1. The number of benzene rings is 1. The first kappa shape index (κ1) is 14.3. The Morgan fingerprint density at radius 3 is 2.75 bits per heavy atom. The zero-order chi connectivity index (χ0) is 14.5. The standard InChI is InChI=1S/C13H17N3O4/c17-13(18)14-11-2-1-7-15(9-11)8-10-3-5-12(6-4-10)16(19)20/h3-6,11,14H,1-2,7-9H2,(H,17,18). The largest absolute Gasteiger partial charge is 0.465 e. The third-order valence-electron chi connectivity index (χ3n) is 3.39. The Kier molecular flexibility index (Phi) is 4.52. The van der Waals surface area contributed by atoms with Crippen LogP contribution in [0.4, 0.5) is 10.5 Å². The second kappa shape index (κ2) is 6.33. The van der Waals surface area contributed by atoms with Crippen LogP contribution in [0.2, 0.25) is 0 Å². The summed E-state index contributed by atoms with van der Waals surface area (Å²) in [5, 5.41) is 21.8. The van der Waals surface area contributed by atoms with Crippen molar-refractivity contribution in [3.63, 3.8) is 0 Å². The molecule has 0 spiro atoms. The Morgan fingerprint density at radius 1 is 1.45 bits per heavy atom. The summed E-state index contributed by atoms with van der Waals surface area (Å²) in [6.45, 7) is 2.26. The number of nitro groups is 1. The molecule has 1 unspecified atom stereocenters. The quantitative estimate of drug-likeness (QED) is 0.647. The van der Waals surface area contributed by atoms with Crippen molar-refractivity contribution in [1.82, 2.24) is 10.2 Å². The van der Waals surface area contributed by atoms with Crippen molar-refractivity contribution in [3.05, 3.63) is 39.9 Å². The van der Waals surface area contributed by atoms with Crippen molar-refractivity contribution in [2.24, 2.45) is 0 Å². The summed E-state index contributed by atoms with van der Waals surface area (Å²) in [6.07, 6.45) is 0.799. The molecule has 1 heterocycles. The first-order chi connectivity index (χ1) is 9.54. The Hall–Kier alpha value is -2.15.